The number of fused-ring (bicyclic) bond motifs is 2. The van der Waals surface area contributed by atoms with Gasteiger partial charge in [0.2, 0.25) is 0 Å². The third-order valence-electron chi connectivity index (χ3n) is 4.87. The maximum absolute atomic E-state index is 12.3. The van der Waals surface area contributed by atoms with E-state index in [1.54, 1.807) is 18.3 Å². The molecule has 0 bridgehead atoms. The van der Waals surface area contributed by atoms with E-state index in [9.17, 15) is 9.90 Å². The molecular weight excluding hydrogens is 368 g/mol. The number of thiophene rings is 1. The van der Waals surface area contributed by atoms with Crippen LogP contribution in [-0.4, -0.2) is 17.7 Å². The highest BCUT2D eigenvalue weighted by atomic mass is 32.1. The summed E-state index contributed by atoms with van der Waals surface area (Å²) in [6.07, 6.45) is 0. The van der Waals surface area contributed by atoms with Gasteiger partial charge >= 0.3 is 6.03 Å². The van der Waals surface area contributed by atoms with Gasteiger partial charge in [-0.2, -0.15) is 0 Å². The van der Waals surface area contributed by atoms with E-state index in [-0.39, 0.29) is 12.6 Å². The van der Waals surface area contributed by atoms with Gasteiger partial charge in [-0.3, -0.25) is 0 Å². The third-order valence-corrected chi connectivity index (χ3v) is 6.24. The number of rotatable bonds is 5. The van der Waals surface area contributed by atoms with E-state index in [0.29, 0.717) is 6.54 Å². The smallest absolute Gasteiger partial charge is 0.315 e. The van der Waals surface area contributed by atoms with Gasteiger partial charge in [0.05, 0.1) is 6.54 Å². The Morgan fingerprint density at radius 2 is 1.68 bits per heavy atom. The molecular formula is C23H22N2O2S. The molecule has 0 spiro atoms. The lowest BCUT2D eigenvalue weighted by Crippen LogP contribution is -2.42. The van der Waals surface area contributed by atoms with Gasteiger partial charge in [0.15, 0.2) is 0 Å². The standard InChI is InChI=1S/C23H22N2O2S/c1-23(27,21-13-17-8-3-5-12-20(17)28-21)15-25-22(26)24-14-18-10-6-9-16-7-2-4-11-19(16)18/h2-13,27H,14-15H2,1H3,(H2,24,25,26). The first-order valence-electron chi connectivity index (χ1n) is 9.23. The molecule has 0 fully saturated rings. The summed E-state index contributed by atoms with van der Waals surface area (Å²) < 4.78 is 1.12. The van der Waals surface area contributed by atoms with Crippen LogP contribution in [0.3, 0.4) is 0 Å². The predicted octanol–water partition coefficient (Wildman–Crippen LogP) is 4.76. The van der Waals surface area contributed by atoms with Gasteiger partial charge < -0.3 is 15.7 Å². The molecule has 0 aliphatic heterocycles. The van der Waals surface area contributed by atoms with Crippen LogP contribution in [0.25, 0.3) is 20.9 Å². The highest BCUT2D eigenvalue weighted by Gasteiger charge is 2.26. The Morgan fingerprint density at radius 1 is 0.964 bits per heavy atom. The van der Waals surface area contributed by atoms with Crippen LogP contribution in [0.1, 0.15) is 17.4 Å². The molecule has 0 aliphatic carbocycles. The Bertz CT molecular complexity index is 1100. The number of aliphatic hydroxyl groups is 1. The zero-order chi connectivity index (χ0) is 19.6. The Balaban J connectivity index is 1.38. The Morgan fingerprint density at radius 3 is 2.50 bits per heavy atom. The number of nitrogens with one attached hydrogen (secondary N) is 2. The lowest BCUT2D eigenvalue weighted by Gasteiger charge is -2.22. The molecule has 142 valence electrons. The van der Waals surface area contributed by atoms with Crippen LogP contribution in [0.4, 0.5) is 4.79 Å². The molecule has 5 heteroatoms. The number of hydrogen-bond donors (Lipinski definition) is 3. The van der Waals surface area contributed by atoms with E-state index < -0.39 is 5.60 Å². The summed E-state index contributed by atoms with van der Waals surface area (Å²) in [5, 5.41) is 19.9. The van der Waals surface area contributed by atoms with Crippen molar-refractivity contribution in [2.75, 3.05) is 6.54 Å². The largest absolute Gasteiger partial charge is 0.383 e. The highest BCUT2D eigenvalue weighted by molar-refractivity contribution is 7.19. The molecule has 4 aromatic rings. The average Bonchev–Trinajstić information content (AvgIpc) is 3.16. The van der Waals surface area contributed by atoms with Crippen molar-refractivity contribution in [3.63, 3.8) is 0 Å². The normalized spacial score (nSPS) is 13.4. The molecule has 1 aromatic heterocycles. The number of amides is 2. The van der Waals surface area contributed by atoms with Crippen molar-refractivity contribution in [1.29, 1.82) is 0 Å². The van der Waals surface area contributed by atoms with Crippen LogP contribution < -0.4 is 10.6 Å². The highest BCUT2D eigenvalue weighted by Crippen LogP contribution is 2.32. The van der Waals surface area contributed by atoms with Crippen LogP contribution in [0, 0.1) is 0 Å². The second-order valence-corrected chi connectivity index (χ2v) is 8.18. The van der Waals surface area contributed by atoms with Gasteiger partial charge in [-0.1, -0.05) is 60.7 Å². The molecule has 3 aromatic carbocycles. The maximum Gasteiger partial charge on any atom is 0.315 e. The van der Waals surface area contributed by atoms with Gasteiger partial charge in [0.1, 0.15) is 5.60 Å². The summed E-state index contributed by atoms with van der Waals surface area (Å²) in [5.74, 6) is 0. The van der Waals surface area contributed by atoms with Crippen molar-refractivity contribution < 1.29 is 9.90 Å². The second kappa shape index (κ2) is 7.62. The minimum Gasteiger partial charge on any atom is -0.383 e. The minimum atomic E-state index is -1.12. The third kappa shape index (κ3) is 3.86. The second-order valence-electron chi connectivity index (χ2n) is 7.10. The number of carbonyl (C=O) groups is 1. The van der Waals surface area contributed by atoms with E-state index in [1.165, 1.54) is 0 Å². The predicted molar refractivity (Wildman–Crippen MR) is 116 cm³/mol. The number of hydrogen-bond acceptors (Lipinski definition) is 3. The first-order valence-corrected chi connectivity index (χ1v) is 10.0. The van der Waals surface area contributed by atoms with E-state index in [2.05, 4.69) is 28.8 Å². The SMILES string of the molecule is CC(O)(CNC(=O)NCc1cccc2ccccc12)c1cc2ccccc2s1. The lowest BCUT2D eigenvalue weighted by atomic mass is 10.0. The monoisotopic (exact) mass is 390 g/mol. The molecule has 28 heavy (non-hydrogen) atoms. The van der Waals surface area contributed by atoms with Crippen molar-refractivity contribution in [2.45, 2.75) is 19.1 Å². The van der Waals surface area contributed by atoms with Crippen LogP contribution >= 0.6 is 11.3 Å². The minimum absolute atomic E-state index is 0.140. The average molecular weight is 391 g/mol. The van der Waals surface area contributed by atoms with Crippen molar-refractivity contribution in [3.05, 3.63) is 83.2 Å². The Labute approximate surface area is 167 Å². The molecule has 1 unspecified atom stereocenters. The molecule has 0 saturated carbocycles. The van der Waals surface area contributed by atoms with Crippen LogP contribution in [-0.2, 0) is 12.1 Å². The van der Waals surface area contributed by atoms with Crippen molar-refractivity contribution >= 4 is 38.2 Å². The van der Waals surface area contributed by atoms with E-state index >= 15 is 0 Å². The van der Waals surface area contributed by atoms with E-state index in [0.717, 1.165) is 31.3 Å². The van der Waals surface area contributed by atoms with Gasteiger partial charge in [-0.25, -0.2) is 4.79 Å². The van der Waals surface area contributed by atoms with Crippen LogP contribution in [0.5, 0.6) is 0 Å². The van der Waals surface area contributed by atoms with Crippen molar-refractivity contribution in [1.82, 2.24) is 10.6 Å². The molecule has 4 rings (SSSR count). The molecule has 0 aliphatic rings. The summed E-state index contributed by atoms with van der Waals surface area (Å²) in [6, 6.07) is 23.9. The van der Waals surface area contributed by atoms with Gasteiger partial charge in [0, 0.05) is 16.1 Å². The fourth-order valence-electron chi connectivity index (χ4n) is 3.27. The molecule has 2 amide bonds. The summed E-state index contributed by atoms with van der Waals surface area (Å²) in [6.45, 7) is 2.29. The van der Waals surface area contributed by atoms with Crippen LogP contribution in [0.15, 0.2) is 72.8 Å². The van der Waals surface area contributed by atoms with Gasteiger partial charge in [0.25, 0.3) is 0 Å². The molecule has 4 nitrogen and oxygen atoms in total. The zero-order valence-corrected chi connectivity index (χ0v) is 16.4. The van der Waals surface area contributed by atoms with Gasteiger partial charge in [-0.05, 0) is 40.8 Å². The summed E-state index contributed by atoms with van der Waals surface area (Å²) in [4.78, 5) is 13.1. The summed E-state index contributed by atoms with van der Waals surface area (Å²) in [5.41, 5.74) is -0.0648. The lowest BCUT2D eigenvalue weighted by molar-refractivity contribution is 0.0632. The Kier molecular flexibility index (Phi) is 5.03. The number of benzene rings is 3. The maximum atomic E-state index is 12.3. The first-order chi connectivity index (χ1) is 13.5. The summed E-state index contributed by atoms with van der Waals surface area (Å²) >= 11 is 1.55. The molecule has 3 N–H and O–H groups in total. The molecule has 1 atom stereocenters. The van der Waals surface area contributed by atoms with Gasteiger partial charge in [-0.15, -0.1) is 11.3 Å². The molecule has 1 heterocycles. The first kappa shape index (κ1) is 18.5. The quantitative estimate of drug-likeness (QED) is 0.460. The topological polar surface area (TPSA) is 61.4 Å². The van der Waals surface area contributed by atoms with E-state index in [1.807, 2.05) is 54.6 Å². The van der Waals surface area contributed by atoms with Crippen LogP contribution in [0.2, 0.25) is 0 Å². The fourth-order valence-corrected chi connectivity index (χ4v) is 4.38. The number of carbonyl (C=O) groups excluding carboxylic acids is 1. The van der Waals surface area contributed by atoms with Crippen molar-refractivity contribution in [2.24, 2.45) is 0 Å². The molecule has 0 radical (unpaired) electrons. The Hall–Kier alpha value is -2.89. The van der Waals surface area contributed by atoms with E-state index in [4.69, 9.17) is 0 Å². The zero-order valence-electron chi connectivity index (χ0n) is 15.6. The fraction of sp³-hybridized carbons (Fsp3) is 0.174. The number of urea groups is 1. The van der Waals surface area contributed by atoms with Crippen molar-refractivity contribution in [3.8, 4) is 0 Å². The molecule has 0 saturated heterocycles. The summed E-state index contributed by atoms with van der Waals surface area (Å²) in [7, 11) is 0.